The quantitative estimate of drug-likeness (QED) is 0.316. The Balaban J connectivity index is 2.08. The monoisotopic (exact) mass is 374 g/mol. The van der Waals surface area contributed by atoms with Gasteiger partial charge in [0.25, 0.3) is 0 Å². The van der Waals surface area contributed by atoms with Gasteiger partial charge in [-0.1, -0.05) is 56.3 Å². The molecule has 0 saturated carbocycles. The zero-order valence-electron chi connectivity index (χ0n) is 17.3. The van der Waals surface area contributed by atoms with Crippen LogP contribution in [0.25, 0.3) is 22.2 Å². The number of para-hydroxylation sites is 1. The van der Waals surface area contributed by atoms with Crippen molar-refractivity contribution in [3.8, 4) is 11.3 Å². The molecule has 0 aliphatic carbocycles. The highest BCUT2D eigenvalue weighted by Crippen LogP contribution is 2.27. The van der Waals surface area contributed by atoms with Gasteiger partial charge in [0.15, 0.2) is 0 Å². The van der Waals surface area contributed by atoms with Crippen molar-refractivity contribution in [1.29, 1.82) is 0 Å². The van der Waals surface area contributed by atoms with Crippen molar-refractivity contribution in [3.05, 3.63) is 65.2 Å². The number of nitrogens with zero attached hydrogens (tertiary/aromatic N) is 2. The number of hydrogen-bond donors (Lipinski definition) is 0. The van der Waals surface area contributed by atoms with Crippen LogP contribution < -0.4 is 0 Å². The number of fused-ring (bicyclic) bond motifs is 1. The summed E-state index contributed by atoms with van der Waals surface area (Å²) in [5.74, 6) is -0.479. The maximum Gasteiger partial charge on any atom is 0.366 e. The number of carbonyl (C=O) groups is 1. The highest BCUT2D eigenvalue weighted by molar-refractivity contribution is 6.04. The molecule has 3 aromatic rings. The Labute approximate surface area is 166 Å². The molecular weight excluding hydrogens is 348 g/mol. The average Bonchev–Trinajstić information content (AvgIpc) is 2.66. The fraction of sp³-hybridized carbons (Fsp3) is 0.292. The van der Waals surface area contributed by atoms with E-state index in [1.54, 1.807) is 6.07 Å². The number of rotatable bonds is 3. The van der Waals surface area contributed by atoms with Crippen LogP contribution in [0.1, 0.15) is 49.2 Å². The summed E-state index contributed by atoms with van der Waals surface area (Å²) < 4.78 is 0. The topological polar surface area (TPSA) is 51.5 Å². The third kappa shape index (κ3) is 4.11. The molecule has 0 amide bonds. The highest BCUT2D eigenvalue weighted by atomic mass is 16.7. The zero-order valence-corrected chi connectivity index (χ0v) is 17.3. The number of benzene rings is 2. The van der Waals surface area contributed by atoms with E-state index >= 15 is 0 Å². The first-order valence-corrected chi connectivity index (χ1v) is 9.40. The Kier molecular flexibility index (Phi) is 5.32. The van der Waals surface area contributed by atoms with E-state index in [0.717, 1.165) is 27.9 Å². The van der Waals surface area contributed by atoms with Gasteiger partial charge in [0.1, 0.15) is 0 Å². The van der Waals surface area contributed by atoms with Crippen molar-refractivity contribution in [2.24, 2.45) is 10.6 Å². The lowest BCUT2D eigenvalue weighted by Crippen LogP contribution is -2.18. The second kappa shape index (κ2) is 7.55. The van der Waals surface area contributed by atoms with Gasteiger partial charge in [0.05, 0.1) is 22.5 Å². The Morgan fingerprint density at radius 2 is 1.71 bits per heavy atom. The van der Waals surface area contributed by atoms with Gasteiger partial charge in [0.2, 0.25) is 0 Å². The predicted octanol–water partition coefficient (Wildman–Crippen LogP) is 6.10. The largest absolute Gasteiger partial charge is 0.366 e. The molecule has 0 spiro atoms. The zero-order chi connectivity index (χ0) is 20.5. The van der Waals surface area contributed by atoms with E-state index in [4.69, 9.17) is 9.82 Å². The van der Waals surface area contributed by atoms with E-state index in [1.165, 1.54) is 11.1 Å². The lowest BCUT2D eigenvalue weighted by Gasteiger charge is -2.16. The van der Waals surface area contributed by atoms with Crippen LogP contribution in [0.4, 0.5) is 0 Å². The molecule has 4 nitrogen and oxygen atoms in total. The molecule has 0 fully saturated rings. The molecule has 0 radical (unpaired) electrons. The van der Waals surface area contributed by atoms with Gasteiger partial charge >= 0.3 is 5.97 Å². The summed E-state index contributed by atoms with van der Waals surface area (Å²) in [5, 5.41) is 4.81. The van der Waals surface area contributed by atoms with Crippen LogP contribution in [0.5, 0.6) is 0 Å². The Morgan fingerprint density at radius 3 is 2.39 bits per heavy atom. The van der Waals surface area contributed by atoms with Crippen molar-refractivity contribution < 1.29 is 9.63 Å². The summed E-state index contributed by atoms with van der Waals surface area (Å²) in [6.07, 6.45) is 0. The van der Waals surface area contributed by atoms with E-state index in [1.807, 2.05) is 58.0 Å². The summed E-state index contributed by atoms with van der Waals surface area (Å²) in [6.45, 7) is 12.1. The molecular formula is C24H26N2O2. The number of oxime groups is 1. The molecule has 28 heavy (non-hydrogen) atoms. The number of aromatic nitrogens is 1. The Bertz CT molecular complexity index is 1080. The van der Waals surface area contributed by atoms with Gasteiger partial charge in [-0.3, -0.25) is 0 Å². The minimum Gasteiger partial charge on any atom is -0.313 e. The normalized spacial score (nSPS) is 12.3. The van der Waals surface area contributed by atoms with Gasteiger partial charge in [-0.05, 0) is 50.1 Å². The maximum absolute atomic E-state index is 12.8. The molecule has 2 aromatic carbocycles. The lowest BCUT2D eigenvalue weighted by atomic mass is 9.91. The van der Waals surface area contributed by atoms with Crippen molar-refractivity contribution >= 4 is 22.6 Å². The smallest absolute Gasteiger partial charge is 0.313 e. The average molecular weight is 374 g/mol. The molecule has 0 N–H and O–H groups in total. The second-order valence-electron chi connectivity index (χ2n) is 8.18. The van der Waals surface area contributed by atoms with Crippen LogP contribution in [0, 0.1) is 19.3 Å². The first-order chi connectivity index (χ1) is 13.2. The van der Waals surface area contributed by atoms with E-state index in [-0.39, 0.29) is 5.41 Å². The minimum absolute atomic E-state index is 0.162. The van der Waals surface area contributed by atoms with Crippen molar-refractivity contribution in [3.63, 3.8) is 0 Å². The van der Waals surface area contributed by atoms with Crippen LogP contribution in [0.2, 0.25) is 0 Å². The summed E-state index contributed by atoms with van der Waals surface area (Å²) in [6, 6.07) is 15.5. The van der Waals surface area contributed by atoms with Crippen LogP contribution in [0.3, 0.4) is 0 Å². The number of carbonyl (C=O) groups excluding carboxylic acids is 1. The van der Waals surface area contributed by atoms with E-state index in [9.17, 15) is 4.79 Å². The maximum atomic E-state index is 12.8. The molecule has 1 heterocycles. The van der Waals surface area contributed by atoms with Gasteiger partial charge in [-0.15, -0.1) is 0 Å². The van der Waals surface area contributed by atoms with Gasteiger partial charge in [-0.2, -0.15) is 0 Å². The lowest BCUT2D eigenvalue weighted by molar-refractivity contribution is 0.0514. The van der Waals surface area contributed by atoms with Gasteiger partial charge in [0, 0.05) is 16.4 Å². The fourth-order valence-electron chi connectivity index (χ4n) is 2.69. The van der Waals surface area contributed by atoms with Crippen LogP contribution in [-0.2, 0) is 4.84 Å². The third-order valence-electron chi connectivity index (χ3n) is 5.09. The first-order valence-electron chi connectivity index (χ1n) is 9.40. The Morgan fingerprint density at radius 1 is 1.00 bits per heavy atom. The molecule has 0 saturated heterocycles. The summed E-state index contributed by atoms with van der Waals surface area (Å²) >= 11 is 0. The number of pyridine rings is 1. The fourth-order valence-corrected chi connectivity index (χ4v) is 2.69. The first kappa shape index (κ1) is 19.7. The summed E-state index contributed by atoms with van der Waals surface area (Å²) in [7, 11) is 0. The van der Waals surface area contributed by atoms with Crippen molar-refractivity contribution in [2.75, 3.05) is 0 Å². The Hall–Kier alpha value is -3.01. The minimum atomic E-state index is -0.479. The molecule has 0 atom stereocenters. The summed E-state index contributed by atoms with van der Waals surface area (Å²) in [5.41, 5.74) is 5.92. The molecule has 4 heteroatoms. The standard InChI is InChI=1S/C24H26N2O2/c1-15-11-12-18(13-16(15)2)22-14-20(19-9-7-8-10-21(19)25-22)23(27)28-26-17(3)24(4,5)6/h7-14H,1-6H3/b26-17-. The SMILES string of the molecule is C/C(=N/OC(=O)c1cc(-c2ccc(C)c(C)c2)nc2ccccc12)C(C)(C)C. The van der Waals surface area contributed by atoms with Crippen molar-refractivity contribution in [1.82, 2.24) is 4.98 Å². The van der Waals surface area contributed by atoms with Crippen LogP contribution in [0.15, 0.2) is 53.7 Å². The molecule has 0 aliphatic rings. The van der Waals surface area contributed by atoms with Gasteiger partial charge in [-0.25, -0.2) is 9.78 Å². The summed E-state index contributed by atoms with van der Waals surface area (Å²) in [4.78, 5) is 22.9. The van der Waals surface area contributed by atoms with E-state index in [0.29, 0.717) is 5.56 Å². The number of aryl methyl sites for hydroxylation is 2. The third-order valence-corrected chi connectivity index (χ3v) is 5.09. The van der Waals surface area contributed by atoms with Crippen molar-refractivity contribution in [2.45, 2.75) is 41.5 Å². The molecule has 0 unspecified atom stereocenters. The van der Waals surface area contributed by atoms with E-state index in [2.05, 4.69) is 31.1 Å². The molecule has 144 valence electrons. The second-order valence-corrected chi connectivity index (χ2v) is 8.18. The molecule has 0 bridgehead atoms. The number of hydrogen-bond acceptors (Lipinski definition) is 4. The van der Waals surface area contributed by atoms with E-state index < -0.39 is 5.97 Å². The molecule has 1 aromatic heterocycles. The molecule has 0 aliphatic heterocycles. The van der Waals surface area contributed by atoms with Crippen LogP contribution >= 0.6 is 0 Å². The van der Waals surface area contributed by atoms with Crippen LogP contribution in [-0.4, -0.2) is 16.7 Å². The predicted molar refractivity (Wildman–Crippen MR) is 115 cm³/mol. The molecule has 3 rings (SSSR count). The highest BCUT2D eigenvalue weighted by Gasteiger charge is 2.18. The van der Waals surface area contributed by atoms with Gasteiger partial charge < -0.3 is 4.84 Å².